The SMILES string of the molecule is CC(C)CCN(Cc1nc2cccnc2n1C1CCCC1)C(=O)c1ccc(F)cc1F.CC(C)CCN(Cc1nc2cccnc2n1C1CCCC1)C(=O)c1ccccc1Cl.CCCCCN(Cc1nc2cccnc2n1CCC)C(=O)c1ccsc1.CCCCN(Cc1nc2cccnc2n1C1CCCC1)C(=O)c1ccc2c(c1)OCO2.CCCn1c(CN(CCC(C)C)C(=O)c2cc(Cl)ccc2OC)nc2cccnc21. The van der Waals surface area contributed by atoms with Crippen LogP contribution in [0.3, 0.4) is 0 Å². The van der Waals surface area contributed by atoms with Gasteiger partial charge in [-0.1, -0.05) is 162 Å². The third-order valence-electron chi connectivity index (χ3n) is 27.6. The van der Waals surface area contributed by atoms with E-state index in [1.807, 2.05) is 134 Å². The summed E-state index contributed by atoms with van der Waals surface area (Å²) in [6.07, 6.45) is 32.7. The number of nitrogens with zero attached hydrogens (tertiary/aromatic N) is 20. The molecular formula is C115H140Cl2F2N20O8S. The van der Waals surface area contributed by atoms with Gasteiger partial charge in [0.15, 0.2) is 39.7 Å². The summed E-state index contributed by atoms with van der Waals surface area (Å²) < 4.78 is 55.0. The maximum atomic E-state index is 14.4. The van der Waals surface area contributed by atoms with Gasteiger partial charge in [0, 0.05) is 117 Å². The van der Waals surface area contributed by atoms with E-state index in [2.05, 4.69) is 117 Å². The number of aromatic nitrogens is 15. The van der Waals surface area contributed by atoms with Crippen molar-refractivity contribution in [3.8, 4) is 17.2 Å². The van der Waals surface area contributed by atoms with Gasteiger partial charge in [-0.2, -0.15) is 11.3 Å². The number of benzene rings is 4. The number of halogens is 4. The lowest BCUT2D eigenvalue weighted by atomic mass is 10.1. The number of rotatable bonds is 39. The number of unbranched alkanes of at least 4 members (excludes halogenated alkanes) is 3. The summed E-state index contributed by atoms with van der Waals surface area (Å²) >= 11 is 14.1. The largest absolute Gasteiger partial charge is 0.496 e. The van der Waals surface area contributed by atoms with Gasteiger partial charge in [-0.3, -0.25) is 24.0 Å². The number of fused-ring (bicyclic) bond motifs is 6. The van der Waals surface area contributed by atoms with Crippen LogP contribution >= 0.6 is 34.5 Å². The predicted octanol–water partition coefficient (Wildman–Crippen LogP) is 26.0. The van der Waals surface area contributed by atoms with Crippen LogP contribution < -0.4 is 14.2 Å². The third kappa shape index (κ3) is 27.5. The highest BCUT2D eigenvalue weighted by Crippen LogP contribution is 2.40. The maximum absolute atomic E-state index is 14.4. The van der Waals surface area contributed by atoms with Gasteiger partial charge in [-0.25, -0.2) is 58.6 Å². The van der Waals surface area contributed by atoms with Crippen molar-refractivity contribution in [3.05, 3.63) is 266 Å². The summed E-state index contributed by atoms with van der Waals surface area (Å²) in [5.41, 5.74) is 11.0. The molecule has 0 spiro atoms. The number of ether oxygens (including phenoxy) is 3. The monoisotopic (exact) mass is 2070 g/mol. The smallest absolute Gasteiger partial charge is 0.258 e. The minimum absolute atomic E-state index is 0.00950. The van der Waals surface area contributed by atoms with Crippen molar-refractivity contribution in [2.45, 2.75) is 274 Å². The quantitative estimate of drug-likeness (QED) is 0.0324. The number of hydrogen-bond acceptors (Lipinski definition) is 19. The normalized spacial score (nSPS) is 13.6. The Balaban J connectivity index is 0.000000139. The summed E-state index contributed by atoms with van der Waals surface area (Å²) in [7, 11) is 1.56. The van der Waals surface area contributed by atoms with Gasteiger partial charge in [-0.05, 0) is 234 Å². The molecule has 11 aromatic heterocycles. The third-order valence-corrected chi connectivity index (χ3v) is 28.8. The summed E-state index contributed by atoms with van der Waals surface area (Å²) in [5, 5.41) is 4.87. The van der Waals surface area contributed by atoms with Crippen LogP contribution in [-0.2, 0) is 45.8 Å². The molecule has 4 aromatic carbocycles. The summed E-state index contributed by atoms with van der Waals surface area (Å²) in [6.45, 7) is 28.6. The molecule has 3 aliphatic carbocycles. The van der Waals surface area contributed by atoms with Crippen LogP contribution in [0.1, 0.15) is 310 Å². The first-order chi connectivity index (χ1) is 71.9. The van der Waals surface area contributed by atoms with Crippen molar-refractivity contribution < 1.29 is 47.0 Å². The molecule has 148 heavy (non-hydrogen) atoms. The first-order valence-electron chi connectivity index (χ1n) is 52.9. The Morgan fingerprint density at radius 3 is 1.24 bits per heavy atom. The van der Waals surface area contributed by atoms with Gasteiger partial charge in [0.2, 0.25) is 6.79 Å². The molecule has 12 heterocycles. The Morgan fingerprint density at radius 1 is 0.405 bits per heavy atom. The van der Waals surface area contributed by atoms with Crippen LogP contribution in [0.5, 0.6) is 17.2 Å². The first kappa shape index (κ1) is 109. The van der Waals surface area contributed by atoms with Crippen LogP contribution in [0, 0.1) is 29.4 Å². The first-order valence-corrected chi connectivity index (χ1v) is 54.6. The molecule has 3 fully saturated rings. The van der Waals surface area contributed by atoms with Crippen molar-refractivity contribution in [2.75, 3.05) is 46.6 Å². The fourth-order valence-corrected chi connectivity index (χ4v) is 20.8. The predicted molar refractivity (Wildman–Crippen MR) is 580 cm³/mol. The molecule has 15 aromatic rings. The molecule has 3 saturated carbocycles. The Labute approximate surface area is 880 Å². The second-order valence-electron chi connectivity index (χ2n) is 39.9. The Bertz CT molecular complexity index is 6940. The highest BCUT2D eigenvalue weighted by atomic mass is 35.5. The molecule has 33 heteroatoms. The molecule has 4 aliphatic rings. The lowest BCUT2D eigenvalue weighted by molar-refractivity contribution is 0.0717. The number of aryl methyl sites for hydroxylation is 2. The minimum atomic E-state index is -0.842. The molecule has 28 nitrogen and oxygen atoms in total. The van der Waals surface area contributed by atoms with E-state index in [1.54, 1.807) is 78.3 Å². The second-order valence-corrected chi connectivity index (χ2v) is 41.5. The lowest BCUT2D eigenvalue weighted by Gasteiger charge is -2.25. The Hall–Kier alpha value is -13.1. The molecule has 1 aliphatic heterocycles. The summed E-state index contributed by atoms with van der Waals surface area (Å²) in [4.78, 5) is 123. The lowest BCUT2D eigenvalue weighted by Crippen LogP contribution is -2.34. The van der Waals surface area contributed by atoms with E-state index >= 15 is 0 Å². The van der Waals surface area contributed by atoms with E-state index in [9.17, 15) is 32.8 Å². The Kier molecular flexibility index (Phi) is 39.2. The van der Waals surface area contributed by atoms with Gasteiger partial charge in [0.05, 0.1) is 67.1 Å². The number of amides is 5. The molecule has 0 N–H and O–H groups in total. The molecule has 0 radical (unpaired) electrons. The molecule has 0 bridgehead atoms. The number of hydrogen-bond donors (Lipinski definition) is 0. The van der Waals surface area contributed by atoms with Crippen LogP contribution in [0.4, 0.5) is 8.78 Å². The molecule has 5 amide bonds. The molecule has 0 unspecified atom stereocenters. The van der Waals surface area contributed by atoms with Crippen LogP contribution in [0.25, 0.3) is 55.8 Å². The highest BCUT2D eigenvalue weighted by molar-refractivity contribution is 7.08. The van der Waals surface area contributed by atoms with Gasteiger partial charge in [0.1, 0.15) is 74.1 Å². The average Bonchev–Trinajstić information content (AvgIpc) is 1.63. The van der Waals surface area contributed by atoms with E-state index in [-0.39, 0.29) is 42.5 Å². The number of methoxy groups -OCH3 is 1. The van der Waals surface area contributed by atoms with Crippen LogP contribution in [0.2, 0.25) is 10.0 Å². The van der Waals surface area contributed by atoms with E-state index < -0.39 is 17.5 Å². The topological polar surface area (TPSA) is 283 Å². The fourth-order valence-electron chi connectivity index (χ4n) is 19.8. The highest BCUT2D eigenvalue weighted by Gasteiger charge is 2.34. The van der Waals surface area contributed by atoms with E-state index in [1.165, 1.54) is 31.7 Å². The summed E-state index contributed by atoms with van der Waals surface area (Å²) in [5.74, 6) is 5.47. The van der Waals surface area contributed by atoms with Crippen molar-refractivity contribution in [1.29, 1.82) is 0 Å². The van der Waals surface area contributed by atoms with E-state index in [4.69, 9.17) is 62.3 Å². The molecule has 0 saturated heterocycles. The van der Waals surface area contributed by atoms with Crippen LogP contribution in [0.15, 0.2) is 187 Å². The van der Waals surface area contributed by atoms with Crippen molar-refractivity contribution >= 4 is 120 Å². The fraction of sp³-hybridized carbons (Fsp3) is 0.452. The standard InChI is InChI=1S/C24H29ClN4O.C24H28F2N4O.C24H28N4O3.C23H29ClN4O2.C20H26N4OS/c1-17(2)13-15-28(24(30)19-10-5-6-11-20(19)25)16-22-27-21-12-7-14-26-23(21)29(22)18-8-3-4-9-18;1-16(2)11-13-29(24(31)19-10-9-17(25)14-20(19)26)15-22-28-21-8-5-12-27-23(21)30(22)18-6-3-4-7-18;1-2-3-13-27(24(29)17-10-11-20-21(14-17)31-16-30-20)15-22-26-19-9-6-12-25-23(19)28(22)18-7-4-5-8-18;1-5-12-28-21(26-19-7-6-11-25-22(19)28)15-27(13-10-16(2)3)23(29)18-14-17(24)8-9-20(18)30-4;1-3-5-6-12-23(20(25)16-9-13-26-15-16)14-18-22-17-8-7-10-21-19(17)24(18)11-4-2/h5-7,10-12,14,17-18H,3-4,8-9,13,15-16H2,1-2H3;5,8-10,12,14,16,18H,3-4,6-7,11,13,15H2,1-2H3;6,9-12,14,18H,2-5,7-8,13,15-16H2,1H3;6-9,11,14,16H,5,10,12-13,15H2,1-4H3;7-10,13,15H,3-6,11-12,14H2,1-2H3. The number of thiophene rings is 1. The van der Waals surface area contributed by atoms with Crippen molar-refractivity contribution in [2.24, 2.45) is 17.8 Å². The average molecular weight is 2070 g/mol. The molecular weight excluding hydrogens is 1930 g/mol. The van der Waals surface area contributed by atoms with E-state index in [0.717, 1.165) is 238 Å². The van der Waals surface area contributed by atoms with Crippen LogP contribution in [-0.4, -0.2) is 173 Å². The number of carbonyl (C=O) groups excluding carboxylic acids is 5. The van der Waals surface area contributed by atoms with Gasteiger partial charge >= 0.3 is 0 Å². The van der Waals surface area contributed by atoms with Gasteiger partial charge in [0.25, 0.3) is 29.5 Å². The minimum Gasteiger partial charge on any atom is -0.496 e. The number of pyridine rings is 5. The van der Waals surface area contributed by atoms with Crippen molar-refractivity contribution in [1.82, 2.24) is 97.2 Å². The zero-order valence-corrected chi connectivity index (χ0v) is 89.6. The molecule has 19 rings (SSSR count). The maximum Gasteiger partial charge on any atom is 0.258 e. The summed E-state index contributed by atoms with van der Waals surface area (Å²) in [6, 6.07) is 43.3. The zero-order chi connectivity index (χ0) is 104. The number of imidazole rings is 5. The van der Waals surface area contributed by atoms with Crippen molar-refractivity contribution in [3.63, 3.8) is 0 Å². The molecule has 782 valence electrons. The Morgan fingerprint density at radius 2 is 0.811 bits per heavy atom. The molecule has 0 atom stereocenters. The zero-order valence-electron chi connectivity index (χ0n) is 87.2. The van der Waals surface area contributed by atoms with E-state index in [0.29, 0.717) is 132 Å². The second kappa shape index (κ2) is 53.2. The van der Waals surface area contributed by atoms with Gasteiger partial charge in [-0.15, -0.1) is 0 Å². The van der Waals surface area contributed by atoms with Gasteiger partial charge < -0.3 is 61.5 Å². The number of carbonyl (C=O) groups is 5.